The van der Waals surface area contributed by atoms with Crippen LogP contribution in [0.1, 0.15) is 12.8 Å². The number of nitrogens with zero attached hydrogens (tertiary/aromatic N) is 1. The average Bonchev–Trinajstić information content (AvgIpc) is 3.02. The molecule has 0 aliphatic carbocycles. The van der Waals surface area contributed by atoms with E-state index in [-0.39, 0.29) is 17.7 Å². The Morgan fingerprint density at radius 3 is 2.24 bits per heavy atom. The number of hydrogen-bond donors (Lipinski definition) is 1. The van der Waals surface area contributed by atoms with E-state index in [0.717, 1.165) is 31.3 Å². The fraction of sp³-hybridized carbons (Fsp3) is 0.462. The summed E-state index contributed by atoms with van der Waals surface area (Å²) < 4.78 is 14.8. The highest BCUT2D eigenvalue weighted by molar-refractivity contribution is 5.61. The number of rotatable bonds is 2. The molecule has 1 N–H and O–H groups in total. The van der Waals surface area contributed by atoms with Gasteiger partial charge in [-0.3, -0.25) is 10.1 Å². The first-order valence-corrected chi connectivity index (χ1v) is 6.44. The highest BCUT2D eigenvalue weighted by Gasteiger charge is 2.33. The van der Waals surface area contributed by atoms with Gasteiger partial charge in [0, 0.05) is 18.1 Å². The third kappa shape index (κ3) is 4.40. The monoisotopic (exact) mass is 297 g/mol. The number of nitro benzene ring substituents is 1. The van der Waals surface area contributed by atoms with Crippen LogP contribution in [0.15, 0.2) is 24.3 Å². The third-order valence-electron chi connectivity index (χ3n) is 3.18. The number of nitro groups is 1. The smallest absolute Gasteiger partial charge is 0.449 e. The van der Waals surface area contributed by atoms with Gasteiger partial charge >= 0.3 is 6.16 Å². The molecule has 8 heteroatoms. The summed E-state index contributed by atoms with van der Waals surface area (Å²) in [5, 5.41) is 18.4. The van der Waals surface area contributed by atoms with Crippen LogP contribution in [0.4, 0.5) is 10.5 Å². The molecular formula is C13H15NO7. The molecular weight excluding hydrogens is 282 g/mol. The van der Waals surface area contributed by atoms with Gasteiger partial charge in [0.2, 0.25) is 0 Å². The van der Waals surface area contributed by atoms with Gasteiger partial charge in [0.15, 0.2) is 6.29 Å². The van der Waals surface area contributed by atoms with Gasteiger partial charge in [-0.05, 0) is 25.0 Å². The quantitative estimate of drug-likeness (QED) is 0.386. The van der Waals surface area contributed by atoms with Crippen LogP contribution in [0, 0.1) is 16.0 Å². The Bertz CT molecular complexity index is 482. The van der Waals surface area contributed by atoms with Gasteiger partial charge in [-0.1, -0.05) is 0 Å². The molecule has 1 aromatic carbocycles. The SMILES string of the molecule is C1CC2CCOC2O1.O=C(O)Oc1ccc([N+](=O)[O-])cc1. The summed E-state index contributed by atoms with van der Waals surface area (Å²) in [6.07, 6.45) is 1.15. The summed E-state index contributed by atoms with van der Waals surface area (Å²) in [5.74, 6) is 0.785. The van der Waals surface area contributed by atoms with E-state index in [0.29, 0.717) is 0 Å². The van der Waals surface area contributed by atoms with E-state index in [9.17, 15) is 14.9 Å². The van der Waals surface area contributed by atoms with E-state index in [4.69, 9.17) is 14.6 Å². The molecule has 1 aromatic rings. The number of non-ortho nitro benzene ring substituents is 1. The molecule has 2 fully saturated rings. The van der Waals surface area contributed by atoms with Gasteiger partial charge < -0.3 is 19.3 Å². The van der Waals surface area contributed by atoms with Crippen molar-refractivity contribution in [3.05, 3.63) is 34.4 Å². The second-order valence-electron chi connectivity index (χ2n) is 4.57. The lowest BCUT2D eigenvalue weighted by Gasteiger charge is -2.03. The zero-order valence-corrected chi connectivity index (χ0v) is 11.1. The highest BCUT2D eigenvalue weighted by Crippen LogP contribution is 2.30. The molecule has 0 unspecified atom stereocenters. The van der Waals surface area contributed by atoms with E-state index in [1.807, 2.05) is 0 Å². The fourth-order valence-electron chi connectivity index (χ4n) is 2.14. The van der Waals surface area contributed by atoms with E-state index < -0.39 is 11.1 Å². The first-order valence-electron chi connectivity index (χ1n) is 6.44. The number of carboxylic acid groups (broad SMARTS) is 1. The van der Waals surface area contributed by atoms with Crippen molar-refractivity contribution in [2.45, 2.75) is 19.1 Å². The van der Waals surface area contributed by atoms with Crippen molar-refractivity contribution in [3.8, 4) is 5.75 Å². The summed E-state index contributed by atoms with van der Waals surface area (Å²) in [7, 11) is 0. The van der Waals surface area contributed by atoms with Crippen molar-refractivity contribution in [1.29, 1.82) is 0 Å². The molecule has 2 aliphatic rings. The Kier molecular flexibility index (Phi) is 5.07. The molecule has 2 heterocycles. The maximum Gasteiger partial charge on any atom is 0.511 e. The Balaban J connectivity index is 0.000000170. The number of benzene rings is 1. The Labute approximate surface area is 120 Å². The van der Waals surface area contributed by atoms with Gasteiger partial charge in [0.05, 0.1) is 18.1 Å². The van der Waals surface area contributed by atoms with Crippen molar-refractivity contribution < 1.29 is 29.0 Å². The van der Waals surface area contributed by atoms with Crippen LogP contribution < -0.4 is 4.74 Å². The zero-order valence-electron chi connectivity index (χ0n) is 11.1. The Hall–Kier alpha value is -2.19. The first-order chi connectivity index (χ1) is 10.1. The minimum absolute atomic E-state index is 0.0538. The minimum atomic E-state index is -1.45. The molecule has 0 bridgehead atoms. The van der Waals surface area contributed by atoms with Crippen LogP contribution in [0.2, 0.25) is 0 Å². The van der Waals surface area contributed by atoms with E-state index in [2.05, 4.69) is 4.74 Å². The maximum atomic E-state index is 10.2. The summed E-state index contributed by atoms with van der Waals surface area (Å²) in [4.78, 5) is 19.6. The van der Waals surface area contributed by atoms with Crippen molar-refractivity contribution in [2.24, 2.45) is 5.92 Å². The molecule has 0 saturated carbocycles. The number of hydrogen-bond acceptors (Lipinski definition) is 6. The number of fused-ring (bicyclic) bond motifs is 1. The largest absolute Gasteiger partial charge is 0.511 e. The molecule has 0 radical (unpaired) electrons. The predicted molar refractivity (Wildman–Crippen MR) is 70.2 cm³/mol. The summed E-state index contributed by atoms with van der Waals surface area (Å²) in [6.45, 7) is 1.82. The van der Waals surface area contributed by atoms with Gasteiger partial charge in [-0.2, -0.15) is 0 Å². The lowest BCUT2D eigenvalue weighted by atomic mass is 10.1. The van der Waals surface area contributed by atoms with E-state index in [1.165, 1.54) is 25.0 Å². The van der Waals surface area contributed by atoms with Crippen LogP contribution >= 0.6 is 0 Å². The van der Waals surface area contributed by atoms with Crippen molar-refractivity contribution in [2.75, 3.05) is 13.2 Å². The minimum Gasteiger partial charge on any atom is -0.449 e. The van der Waals surface area contributed by atoms with Gasteiger partial charge in [0.1, 0.15) is 5.75 Å². The van der Waals surface area contributed by atoms with Crippen molar-refractivity contribution in [1.82, 2.24) is 0 Å². The summed E-state index contributed by atoms with van der Waals surface area (Å²) in [5.41, 5.74) is -0.113. The molecule has 2 aliphatic heterocycles. The summed E-state index contributed by atoms with van der Waals surface area (Å²) in [6, 6.07) is 4.76. The molecule has 0 aromatic heterocycles. The predicted octanol–water partition coefficient (Wildman–Crippen LogP) is 2.42. The van der Waals surface area contributed by atoms with Gasteiger partial charge in [0.25, 0.3) is 5.69 Å². The van der Waals surface area contributed by atoms with Crippen LogP contribution in [0.25, 0.3) is 0 Å². The average molecular weight is 297 g/mol. The number of carbonyl (C=O) groups is 1. The molecule has 0 atom stereocenters. The number of ether oxygens (including phenoxy) is 3. The summed E-state index contributed by atoms with van der Waals surface area (Å²) >= 11 is 0. The Morgan fingerprint density at radius 2 is 1.81 bits per heavy atom. The van der Waals surface area contributed by atoms with Crippen LogP contribution in [-0.2, 0) is 9.47 Å². The maximum absolute atomic E-state index is 10.2. The van der Waals surface area contributed by atoms with Crippen LogP contribution in [0.3, 0.4) is 0 Å². The fourth-order valence-corrected chi connectivity index (χ4v) is 2.14. The standard InChI is InChI=1S/C7H5NO5.C6H10O2/c9-7(10)13-6-3-1-5(2-4-6)8(11)12;1-3-7-6-5(1)2-4-8-6/h1-4H,(H,9,10);5-6H,1-4H2. The highest BCUT2D eigenvalue weighted by atomic mass is 16.7. The molecule has 21 heavy (non-hydrogen) atoms. The van der Waals surface area contributed by atoms with Crippen molar-refractivity contribution >= 4 is 11.8 Å². The lowest BCUT2D eigenvalue weighted by molar-refractivity contribution is -0.384. The molecule has 0 spiro atoms. The third-order valence-corrected chi connectivity index (χ3v) is 3.18. The zero-order chi connectivity index (χ0) is 15.2. The molecule has 3 rings (SSSR count). The molecule has 0 amide bonds. The van der Waals surface area contributed by atoms with Gasteiger partial charge in [-0.25, -0.2) is 4.79 Å². The van der Waals surface area contributed by atoms with Gasteiger partial charge in [-0.15, -0.1) is 0 Å². The van der Waals surface area contributed by atoms with E-state index >= 15 is 0 Å². The second kappa shape index (κ2) is 7.00. The molecule has 8 nitrogen and oxygen atoms in total. The van der Waals surface area contributed by atoms with Crippen LogP contribution in [0.5, 0.6) is 5.75 Å². The lowest BCUT2D eigenvalue weighted by Crippen LogP contribution is -2.08. The molecule has 114 valence electrons. The van der Waals surface area contributed by atoms with E-state index in [1.54, 1.807) is 0 Å². The Morgan fingerprint density at radius 1 is 1.24 bits per heavy atom. The second-order valence-corrected chi connectivity index (χ2v) is 4.57. The first kappa shape index (κ1) is 15.2. The normalized spacial score (nSPS) is 22.9. The molecule has 2 saturated heterocycles. The van der Waals surface area contributed by atoms with Crippen molar-refractivity contribution in [3.63, 3.8) is 0 Å². The van der Waals surface area contributed by atoms with Crippen LogP contribution in [-0.4, -0.2) is 35.7 Å². The topological polar surface area (TPSA) is 108 Å².